The molecule has 0 unspecified atom stereocenters. The van der Waals surface area contributed by atoms with Crippen LogP contribution in [0.3, 0.4) is 0 Å². The molecule has 2 heterocycles. The van der Waals surface area contributed by atoms with Crippen molar-refractivity contribution in [1.82, 2.24) is 15.1 Å². The Bertz CT molecular complexity index is 1240. The average molecular weight is 493 g/mol. The van der Waals surface area contributed by atoms with Crippen LogP contribution < -0.4 is 10.2 Å². The second kappa shape index (κ2) is 9.02. The zero-order valence-corrected chi connectivity index (χ0v) is 18.9. The second-order valence-electron chi connectivity index (χ2n) is 7.71. The summed E-state index contributed by atoms with van der Waals surface area (Å²) in [6.45, 7) is 2.16. The van der Waals surface area contributed by atoms with Crippen molar-refractivity contribution in [2.45, 2.75) is 25.7 Å². The normalized spacial score (nSPS) is 14.0. The maximum absolute atomic E-state index is 13.8. The Balaban J connectivity index is 1.68. The lowest BCUT2D eigenvalue weighted by molar-refractivity contribution is -0.141. The fourth-order valence-electron chi connectivity index (χ4n) is 3.86. The van der Waals surface area contributed by atoms with E-state index in [1.165, 1.54) is 23.9 Å². The molecule has 178 valence electrons. The lowest BCUT2D eigenvalue weighted by Gasteiger charge is -2.21. The zero-order valence-electron chi connectivity index (χ0n) is 18.2. The third-order valence-electron chi connectivity index (χ3n) is 5.51. The third-order valence-corrected chi connectivity index (χ3v) is 5.75. The summed E-state index contributed by atoms with van der Waals surface area (Å²) in [6.07, 6.45) is -4.82. The topological polar surface area (TPSA) is 76.5 Å². The number of aromatic nitrogens is 2. The third kappa shape index (κ3) is 4.45. The Labute approximate surface area is 198 Å². The number of alkyl halides is 3. The van der Waals surface area contributed by atoms with Crippen LogP contribution in [-0.2, 0) is 17.5 Å². The Hall–Kier alpha value is -3.53. The van der Waals surface area contributed by atoms with Gasteiger partial charge < -0.3 is 15.0 Å². The van der Waals surface area contributed by atoms with E-state index in [2.05, 4.69) is 15.2 Å². The maximum Gasteiger partial charge on any atom is 0.436 e. The monoisotopic (exact) mass is 492 g/mol. The smallest absolute Gasteiger partial charge is 0.436 e. The number of fused-ring (bicyclic) bond motifs is 1. The van der Waals surface area contributed by atoms with Crippen molar-refractivity contribution in [1.29, 1.82) is 0 Å². The van der Waals surface area contributed by atoms with Gasteiger partial charge in [0, 0.05) is 17.3 Å². The first-order valence-electron chi connectivity index (χ1n) is 10.3. The highest BCUT2D eigenvalue weighted by atomic mass is 35.5. The van der Waals surface area contributed by atoms with Crippen LogP contribution >= 0.6 is 11.6 Å². The van der Waals surface area contributed by atoms with Crippen LogP contribution in [0.5, 0.6) is 0 Å². The predicted molar refractivity (Wildman–Crippen MR) is 119 cm³/mol. The summed E-state index contributed by atoms with van der Waals surface area (Å²) in [5.74, 6) is -1.37. The van der Waals surface area contributed by atoms with Gasteiger partial charge in [-0.3, -0.25) is 4.79 Å². The first kappa shape index (κ1) is 23.6. The van der Waals surface area contributed by atoms with Gasteiger partial charge >= 0.3 is 12.1 Å². The number of carbonyl (C=O) groups excluding carboxylic acids is 2. The highest BCUT2D eigenvalue weighted by Gasteiger charge is 2.44. The fourth-order valence-corrected chi connectivity index (χ4v) is 4.05. The predicted octanol–water partition coefficient (Wildman–Crippen LogP) is 4.98. The van der Waals surface area contributed by atoms with Gasteiger partial charge in [0.25, 0.3) is 5.91 Å². The van der Waals surface area contributed by atoms with E-state index in [1.807, 2.05) is 0 Å². The highest BCUT2D eigenvalue weighted by molar-refractivity contribution is 6.30. The van der Waals surface area contributed by atoms with Gasteiger partial charge in [0.05, 0.1) is 25.3 Å². The second-order valence-corrected chi connectivity index (χ2v) is 8.14. The Kier molecular flexibility index (Phi) is 6.26. The Morgan fingerprint density at radius 3 is 2.47 bits per heavy atom. The van der Waals surface area contributed by atoms with Crippen molar-refractivity contribution >= 4 is 35.0 Å². The summed E-state index contributed by atoms with van der Waals surface area (Å²) in [5.41, 5.74) is -0.329. The van der Waals surface area contributed by atoms with Crippen molar-refractivity contribution in [3.63, 3.8) is 0 Å². The zero-order chi connectivity index (χ0) is 24.6. The molecule has 0 spiro atoms. The van der Waals surface area contributed by atoms with Crippen LogP contribution in [0, 0.1) is 0 Å². The molecule has 1 amide bonds. The summed E-state index contributed by atoms with van der Waals surface area (Å²) in [5, 5.41) is 6.75. The van der Waals surface area contributed by atoms with Gasteiger partial charge in [-0.05, 0) is 42.8 Å². The van der Waals surface area contributed by atoms with Crippen LogP contribution in [0.2, 0.25) is 5.02 Å². The molecule has 0 fully saturated rings. The summed E-state index contributed by atoms with van der Waals surface area (Å²) < 4.78 is 47.3. The highest BCUT2D eigenvalue weighted by Crippen LogP contribution is 2.41. The molecule has 1 atom stereocenters. The molecule has 3 aromatic rings. The molecule has 11 heteroatoms. The SMILES string of the molecule is COC(=O)c1ccc([C@H](C)NC(=O)c2c(C(F)(F)F)nn3c2N(c2cccc(Cl)c2)CC3)cc1. The molecule has 7 nitrogen and oxygen atoms in total. The fraction of sp³-hybridized carbons (Fsp3) is 0.261. The van der Waals surface area contributed by atoms with Gasteiger partial charge in [-0.2, -0.15) is 18.3 Å². The first-order valence-corrected chi connectivity index (χ1v) is 10.7. The van der Waals surface area contributed by atoms with Crippen molar-refractivity contribution in [3.05, 3.63) is 75.9 Å². The molecule has 0 radical (unpaired) electrons. The molecule has 4 rings (SSSR count). The van der Waals surface area contributed by atoms with E-state index in [4.69, 9.17) is 11.6 Å². The quantitative estimate of drug-likeness (QED) is 0.508. The molecule has 34 heavy (non-hydrogen) atoms. The molecule has 0 saturated carbocycles. The lowest BCUT2D eigenvalue weighted by atomic mass is 10.1. The molecular weight excluding hydrogens is 473 g/mol. The van der Waals surface area contributed by atoms with E-state index in [1.54, 1.807) is 48.2 Å². The van der Waals surface area contributed by atoms with Crippen molar-refractivity contribution in [3.8, 4) is 0 Å². The molecule has 1 N–H and O–H groups in total. The van der Waals surface area contributed by atoms with Crippen LogP contribution in [0.1, 0.15) is 44.9 Å². The number of anilines is 2. The minimum atomic E-state index is -4.82. The van der Waals surface area contributed by atoms with E-state index in [0.717, 1.165) is 0 Å². The van der Waals surface area contributed by atoms with Gasteiger partial charge in [0.2, 0.25) is 0 Å². The minimum Gasteiger partial charge on any atom is -0.465 e. The number of hydrogen-bond acceptors (Lipinski definition) is 5. The van der Waals surface area contributed by atoms with Crippen LogP contribution in [-0.4, -0.2) is 35.3 Å². The largest absolute Gasteiger partial charge is 0.465 e. The summed E-state index contributed by atoms with van der Waals surface area (Å²) >= 11 is 6.07. The van der Waals surface area contributed by atoms with Crippen LogP contribution in [0.15, 0.2) is 48.5 Å². The van der Waals surface area contributed by atoms with E-state index in [0.29, 0.717) is 28.4 Å². The molecular formula is C23H20ClF3N4O3. The van der Waals surface area contributed by atoms with Crippen molar-refractivity contribution in [2.24, 2.45) is 0 Å². The maximum atomic E-state index is 13.8. The summed E-state index contributed by atoms with van der Waals surface area (Å²) in [4.78, 5) is 26.4. The standard InChI is InChI=1S/C23H20ClF3N4O3/c1-13(14-6-8-15(9-7-14)22(33)34-2)28-20(32)18-19(23(25,26)27)29-31-11-10-30(21(18)31)17-5-3-4-16(24)12-17/h3-9,12-13H,10-11H2,1-2H3,(H,28,32)/t13-/m0/s1. The van der Waals surface area contributed by atoms with Gasteiger partial charge in [0.15, 0.2) is 5.69 Å². The number of amides is 1. The number of ether oxygens (including phenoxy) is 1. The number of methoxy groups -OCH3 is 1. The lowest BCUT2D eigenvalue weighted by Crippen LogP contribution is -2.30. The molecule has 1 aliphatic rings. The summed E-state index contributed by atoms with van der Waals surface area (Å²) in [6, 6.07) is 12.2. The van der Waals surface area contributed by atoms with Crippen molar-refractivity contribution < 1.29 is 27.5 Å². The number of benzene rings is 2. The number of rotatable bonds is 5. The van der Waals surface area contributed by atoms with Crippen LogP contribution in [0.25, 0.3) is 0 Å². The molecule has 1 aliphatic heterocycles. The van der Waals surface area contributed by atoms with Crippen molar-refractivity contribution in [2.75, 3.05) is 18.6 Å². The number of halogens is 4. The number of nitrogens with zero attached hydrogens (tertiary/aromatic N) is 3. The van der Waals surface area contributed by atoms with E-state index >= 15 is 0 Å². The minimum absolute atomic E-state index is 0.0559. The average Bonchev–Trinajstić information content (AvgIpc) is 3.38. The molecule has 0 aliphatic carbocycles. The number of carbonyl (C=O) groups is 2. The number of nitrogens with one attached hydrogen (secondary N) is 1. The molecule has 0 saturated heterocycles. The molecule has 0 bridgehead atoms. The first-order chi connectivity index (χ1) is 16.1. The van der Waals surface area contributed by atoms with Crippen LogP contribution in [0.4, 0.5) is 24.7 Å². The van der Waals surface area contributed by atoms with Gasteiger partial charge in [-0.15, -0.1) is 0 Å². The number of hydrogen-bond donors (Lipinski definition) is 1. The van der Waals surface area contributed by atoms with E-state index in [9.17, 15) is 22.8 Å². The molecule has 2 aromatic carbocycles. The van der Waals surface area contributed by atoms with Gasteiger partial charge in [-0.1, -0.05) is 29.8 Å². The number of esters is 1. The Morgan fingerprint density at radius 2 is 1.85 bits per heavy atom. The summed E-state index contributed by atoms with van der Waals surface area (Å²) in [7, 11) is 1.26. The van der Waals surface area contributed by atoms with E-state index in [-0.39, 0.29) is 12.4 Å². The van der Waals surface area contributed by atoms with Gasteiger partial charge in [0.1, 0.15) is 11.4 Å². The Morgan fingerprint density at radius 1 is 1.15 bits per heavy atom. The van der Waals surface area contributed by atoms with E-state index < -0.39 is 35.4 Å². The molecule has 1 aromatic heterocycles. The van der Waals surface area contributed by atoms with Gasteiger partial charge in [-0.25, -0.2) is 9.48 Å².